The lowest BCUT2D eigenvalue weighted by atomic mass is 10.1. The van der Waals surface area contributed by atoms with Crippen LogP contribution >= 0.6 is 7.82 Å². The Balaban J connectivity index is 2.37. The second-order valence-electron chi connectivity index (χ2n) is 6.91. The smallest absolute Gasteiger partial charge is 0.334 e. The summed E-state index contributed by atoms with van der Waals surface area (Å²) in [6.07, 6.45) is 15.3. The van der Waals surface area contributed by atoms with Crippen LogP contribution in [0, 0.1) is 0 Å². The molecule has 0 saturated heterocycles. The predicted octanol–water partition coefficient (Wildman–Crippen LogP) is 6.11. The summed E-state index contributed by atoms with van der Waals surface area (Å²) in [4.78, 5) is 4.11. The second kappa shape index (κ2) is 14.4. The molecule has 0 fully saturated rings. The Kier molecular flexibility index (Phi) is 13.1. The summed E-state index contributed by atoms with van der Waals surface area (Å²) in [5.41, 5.74) is 0. The Morgan fingerprint density at radius 1 is 0.778 bits per heavy atom. The van der Waals surface area contributed by atoms with Crippen LogP contribution in [0.4, 0.5) is 0 Å². The lowest BCUT2D eigenvalue weighted by Crippen LogP contribution is -2.40. The monoisotopic (exact) mass is 404 g/mol. The highest BCUT2D eigenvalue weighted by Gasteiger charge is 2.36. The molecule has 0 saturated carbocycles. The van der Waals surface area contributed by atoms with Gasteiger partial charge in [-0.25, -0.2) is 9.09 Å². The quantitative estimate of drug-likeness (QED) is 0.215. The third-order valence-electron chi connectivity index (χ3n) is 4.70. The Morgan fingerprint density at radius 3 is 1.81 bits per heavy atom. The molecule has 6 nitrogen and oxygen atoms in total. The average molecular weight is 405 g/mol. The first kappa shape index (κ1) is 24.5. The first-order chi connectivity index (χ1) is 13.1. The fraction of sp³-hybridized carbons (Fsp3) is 0.900. The van der Waals surface area contributed by atoms with Gasteiger partial charge >= 0.3 is 7.82 Å². The Morgan fingerprint density at radius 2 is 1.30 bits per heavy atom. The fourth-order valence-electron chi connectivity index (χ4n) is 3.21. The average Bonchev–Trinajstić information content (AvgIpc) is 3.02. The van der Waals surface area contributed by atoms with Gasteiger partial charge < -0.3 is 9.80 Å². The van der Waals surface area contributed by atoms with Gasteiger partial charge in [0.25, 0.3) is 0 Å². The number of nitrogens with zero attached hydrogens (tertiary/aromatic N) is 2. The molecule has 1 atom stereocenters. The van der Waals surface area contributed by atoms with Gasteiger partial charge in [-0.1, -0.05) is 58.3 Å². The predicted molar refractivity (Wildman–Crippen MR) is 111 cm³/mol. The molecule has 1 unspecified atom stereocenters. The zero-order valence-corrected chi connectivity index (χ0v) is 18.8. The molecule has 0 aliphatic carbocycles. The minimum Gasteiger partial charge on any atom is -0.334 e. The third kappa shape index (κ3) is 9.47. The first-order valence-corrected chi connectivity index (χ1v) is 12.3. The molecule has 0 aromatic carbocycles. The highest BCUT2D eigenvalue weighted by atomic mass is 31.2. The highest BCUT2D eigenvalue weighted by Crippen LogP contribution is 2.51. The molecule has 0 aromatic rings. The van der Waals surface area contributed by atoms with Crippen molar-refractivity contribution in [2.75, 3.05) is 26.3 Å². The van der Waals surface area contributed by atoms with Crippen molar-refractivity contribution in [1.29, 1.82) is 0 Å². The molecule has 1 rings (SSSR count). The van der Waals surface area contributed by atoms with Gasteiger partial charge in [0, 0.05) is 25.5 Å². The maximum absolute atomic E-state index is 12.8. The van der Waals surface area contributed by atoms with Crippen LogP contribution in [0.25, 0.3) is 0 Å². The van der Waals surface area contributed by atoms with E-state index >= 15 is 0 Å². The first-order valence-electron chi connectivity index (χ1n) is 10.9. The van der Waals surface area contributed by atoms with E-state index in [1.807, 2.05) is 17.3 Å². The summed E-state index contributed by atoms with van der Waals surface area (Å²) in [6.45, 7) is 10.1. The number of phosphoric ester groups is 1. The maximum Gasteiger partial charge on any atom is 0.478 e. The normalized spacial score (nSPS) is 17.3. The summed E-state index contributed by atoms with van der Waals surface area (Å²) in [5, 5.41) is 0. The topological polar surface area (TPSA) is 51.2 Å². The Labute approximate surface area is 166 Å². The molecule has 0 amide bonds. The van der Waals surface area contributed by atoms with Crippen molar-refractivity contribution in [1.82, 2.24) is 9.80 Å². The molecule has 0 radical (unpaired) electrons. The maximum atomic E-state index is 12.8. The number of rotatable bonds is 17. The number of phosphoric acid groups is 1. The van der Waals surface area contributed by atoms with Crippen molar-refractivity contribution >= 4 is 7.82 Å². The van der Waals surface area contributed by atoms with E-state index in [4.69, 9.17) is 13.6 Å². The molecule has 1 aliphatic heterocycles. The molecule has 0 N–H and O–H groups in total. The molecule has 0 aromatic heterocycles. The van der Waals surface area contributed by atoms with Crippen molar-refractivity contribution in [2.45, 2.75) is 91.8 Å². The molecule has 27 heavy (non-hydrogen) atoms. The minimum absolute atomic E-state index is 0.293. The standard InChI is InChI=1S/C20H41N2O4P/c1-5-9-10-11-12-13-14-15-16-17-22-19-18-21(6-2)20(22)26-27(23,24-7-3)25-8-4/h18-20H,5-17H2,1-4H3. The van der Waals surface area contributed by atoms with Gasteiger partial charge in [0.1, 0.15) is 0 Å². The van der Waals surface area contributed by atoms with Crippen LogP contribution in [0.3, 0.4) is 0 Å². The zero-order chi connectivity index (χ0) is 20.0. The minimum atomic E-state index is -3.54. The van der Waals surface area contributed by atoms with Crippen molar-refractivity contribution in [2.24, 2.45) is 0 Å². The van der Waals surface area contributed by atoms with E-state index in [0.29, 0.717) is 13.2 Å². The van der Waals surface area contributed by atoms with Crippen molar-refractivity contribution in [3.05, 3.63) is 12.4 Å². The van der Waals surface area contributed by atoms with Gasteiger partial charge in [0.05, 0.1) is 13.2 Å². The van der Waals surface area contributed by atoms with Gasteiger partial charge in [0.2, 0.25) is 6.35 Å². The summed E-state index contributed by atoms with van der Waals surface area (Å²) in [7, 11) is -3.54. The van der Waals surface area contributed by atoms with E-state index in [2.05, 4.69) is 18.7 Å². The van der Waals surface area contributed by atoms with Crippen LogP contribution in [0.1, 0.15) is 85.5 Å². The number of hydrogen-bond acceptors (Lipinski definition) is 6. The molecule has 7 heteroatoms. The summed E-state index contributed by atoms with van der Waals surface area (Å²) < 4.78 is 29.2. The van der Waals surface area contributed by atoms with Crippen LogP contribution in [0.2, 0.25) is 0 Å². The Bertz CT molecular complexity index is 438. The summed E-state index contributed by atoms with van der Waals surface area (Å²) in [6, 6.07) is 0. The van der Waals surface area contributed by atoms with Crippen LogP contribution in [0.15, 0.2) is 12.4 Å². The molecular weight excluding hydrogens is 363 g/mol. The highest BCUT2D eigenvalue weighted by molar-refractivity contribution is 7.48. The van der Waals surface area contributed by atoms with Crippen LogP contribution in [-0.4, -0.2) is 42.5 Å². The van der Waals surface area contributed by atoms with E-state index in [-0.39, 0.29) is 0 Å². The molecule has 0 spiro atoms. The zero-order valence-electron chi connectivity index (χ0n) is 17.9. The summed E-state index contributed by atoms with van der Waals surface area (Å²) >= 11 is 0. The van der Waals surface area contributed by atoms with Crippen molar-refractivity contribution in [3.63, 3.8) is 0 Å². The largest absolute Gasteiger partial charge is 0.478 e. The molecular formula is C20H41N2O4P. The molecule has 160 valence electrons. The lowest BCUT2D eigenvalue weighted by Gasteiger charge is -2.33. The number of unbranched alkanes of at least 4 members (excludes halogenated alkanes) is 8. The molecule has 1 heterocycles. The number of hydrogen-bond donors (Lipinski definition) is 0. The van der Waals surface area contributed by atoms with Crippen LogP contribution in [-0.2, 0) is 18.1 Å². The van der Waals surface area contributed by atoms with Gasteiger partial charge in [-0.05, 0) is 27.2 Å². The van der Waals surface area contributed by atoms with Crippen molar-refractivity contribution in [3.8, 4) is 0 Å². The molecule has 1 aliphatic rings. The van der Waals surface area contributed by atoms with E-state index < -0.39 is 14.2 Å². The van der Waals surface area contributed by atoms with Gasteiger partial charge in [-0.2, -0.15) is 0 Å². The Hall–Kier alpha value is -0.550. The van der Waals surface area contributed by atoms with Crippen molar-refractivity contribution < 1.29 is 18.1 Å². The third-order valence-corrected chi connectivity index (χ3v) is 6.30. The van der Waals surface area contributed by atoms with E-state index in [1.165, 1.54) is 51.4 Å². The second-order valence-corrected chi connectivity index (χ2v) is 8.53. The van der Waals surface area contributed by atoms with Crippen LogP contribution in [0.5, 0.6) is 0 Å². The lowest BCUT2D eigenvalue weighted by molar-refractivity contribution is -0.0523. The van der Waals surface area contributed by atoms with Crippen LogP contribution < -0.4 is 0 Å². The summed E-state index contributed by atoms with van der Waals surface area (Å²) in [5.74, 6) is 0. The molecule has 0 bridgehead atoms. The van der Waals surface area contributed by atoms with E-state index in [0.717, 1.165) is 19.5 Å². The van der Waals surface area contributed by atoms with Gasteiger partial charge in [0.15, 0.2) is 0 Å². The fourth-order valence-corrected chi connectivity index (χ4v) is 4.51. The SMILES string of the molecule is CCCCCCCCCCCN1C=CN(CC)C1OP(=O)(OCC)OCC. The van der Waals surface area contributed by atoms with E-state index in [1.54, 1.807) is 13.8 Å². The van der Waals surface area contributed by atoms with Gasteiger partial charge in [-0.15, -0.1) is 0 Å². The van der Waals surface area contributed by atoms with E-state index in [9.17, 15) is 4.57 Å². The van der Waals surface area contributed by atoms with Gasteiger partial charge in [-0.3, -0.25) is 9.05 Å².